The fourth-order valence-corrected chi connectivity index (χ4v) is 3.11. The minimum atomic E-state index is -0.506. The zero-order valence-electron chi connectivity index (χ0n) is 16.4. The van der Waals surface area contributed by atoms with Crippen molar-refractivity contribution < 1.29 is 23.8 Å². The molecule has 28 heavy (non-hydrogen) atoms. The Morgan fingerprint density at radius 2 is 1.79 bits per heavy atom. The first-order valence-corrected chi connectivity index (χ1v) is 9.37. The van der Waals surface area contributed by atoms with E-state index >= 15 is 0 Å². The predicted octanol–water partition coefficient (Wildman–Crippen LogP) is 3.44. The Balaban J connectivity index is 1.63. The Labute approximate surface area is 164 Å². The molecule has 0 aromatic heterocycles. The van der Waals surface area contributed by atoms with E-state index in [-0.39, 0.29) is 24.5 Å². The van der Waals surface area contributed by atoms with Gasteiger partial charge in [0.05, 0.1) is 11.6 Å². The van der Waals surface area contributed by atoms with E-state index in [1.165, 1.54) is 0 Å². The number of fused-ring (bicyclic) bond motifs is 1. The van der Waals surface area contributed by atoms with E-state index in [0.717, 1.165) is 11.1 Å². The first-order valence-electron chi connectivity index (χ1n) is 9.37. The molecule has 0 aliphatic carbocycles. The number of aryl methyl sites for hydroxylation is 1. The predicted molar refractivity (Wildman–Crippen MR) is 105 cm³/mol. The van der Waals surface area contributed by atoms with Crippen LogP contribution >= 0.6 is 0 Å². The summed E-state index contributed by atoms with van der Waals surface area (Å²) < 4.78 is 16.4. The highest BCUT2D eigenvalue weighted by atomic mass is 16.6. The van der Waals surface area contributed by atoms with Crippen molar-refractivity contribution in [3.63, 3.8) is 0 Å². The molecule has 0 radical (unpaired) electrons. The van der Waals surface area contributed by atoms with Crippen molar-refractivity contribution in [2.45, 2.75) is 26.8 Å². The lowest BCUT2D eigenvalue weighted by atomic mass is 9.95. The number of nitrogens with one attached hydrogen (secondary N) is 1. The number of carbonyl (C=O) groups excluding carboxylic acids is 2. The molecule has 1 N–H and O–H groups in total. The van der Waals surface area contributed by atoms with Crippen LogP contribution in [0.4, 0.5) is 0 Å². The SMILES string of the molecule is Cc1ccccc1C(=O)OCC(=O)N[C@H](c1ccc2c(c1)OCCO2)C(C)C. The molecule has 148 valence electrons. The van der Waals surface area contributed by atoms with Crippen LogP contribution in [0.1, 0.15) is 41.4 Å². The fourth-order valence-electron chi connectivity index (χ4n) is 3.11. The summed E-state index contributed by atoms with van der Waals surface area (Å²) in [6, 6.07) is 12.5. The molecule has 1 amide bonds. The molecule has 2 aromatic carbocycles. The summed E-state index contributed by atoms with van der Waals surface area (Å²) in [6.45, 7) is 6.56. The van der Waals surface area contributed by atoms with Crippen LogP contribution in [0.3, 0.4) is 0 Å². The third-order valence-electron chi connectivity index (χ3n) is 4.61. The third-order valence-corrected chi connectivity index (χ3v) is 4.61. The minimum Gasteiger partial charge on any atom is -0.486 e. The third kappa shape index (κ3) is 4.63. The number of hydrogen-bond donors (Lipinski definition) is 1. The van der Waals surface area contributed by atoms with Crippen LogP contribution in [0.2, 0.25) is 0 Å². The van der Waals surface area contributed by atoms with Crippen molar-refractivity contribution in [2.75, 3.05) is 19.8 Å². The van der Waals surface area contributed by atoms with Gasteiger partial charge in [0.15, 0.2) is 18.1 Å². The summed E-state index contributed by atoms with van der Waals surface area (Å²) in [7, 11) is 0. The molecule has 3 rings (SSSR count). The average Bonchev–Trinajstić information content (AvgIpc) is 2.70. The second-order valence-electron chi connectivity index (χ2n) is 7.08. The summed E-state index contributed by atoms with van der Waals surface area (Å²) >= 11 is 0. The van der Waals surface area contributed by atoms with Crippen molar-refractivity contribution in [1.82, 2.24) is 5.32 Å². The summed E-state index contributed by atoms with van der Waals surface area (Å²) in [5.74, 6) is 0.661. The van der Waals surface area contributed by atoms with Gasteiger partial charge < -0.3 is 19.5 Å². The van der Waals surface area contributed by atoms with E-state index in [1.807, 2.05) is 51.1 Å². The van der Waals surface area contributed by atoms with Gasteiger partial charge in [0, 0.05) is 0 Å². The fraction of sp³-hybridized carbons (Fsp3) is 0.364. The van der Waals surface area contributed by atoms with Crippen LogP contribution in [0.5, 0.6) is 11.5 Å². The Kier molecular flexibility index (Phi) is 6.19. The van der Waals surface area contributed by atoms with Gasteiger partial charge in [-0.05, 0) is 42.2 Å². The van der Waals surface area contributed by atoms with Crippen LogP contribution < -0.4 is 14.8 Å². The number of hydrogen-bond acceptors (Lipinski definition) is 5. The highest BCUT2D eigenvalue weighted by Crippen LogP contribution is 2.34. The molecule has 0 spiro atoms. The number of amides is 1. The molecular formula is C22H25NO5. The van der Waals surface area contributed by atoms with Gasteiger partial charge in [0.2, 0.25) is 0 Å². The Morgan fingerprint density at radius 1 is 1.07 bits per heavy atom. The van der Waals surface area contributed by atoms with Gasteiger partial charge in [-0.3, -0.25) is 4.79 Å². The first kappa shape index (κ1) is 19.7. The normalized spacial score (nSPS) is 13.7. The highest BCUT2D eigenvalue weighted by Gasteiger charge is 2.22. The topological polar surface area (TPSA) is 73.9 Å². The van der Waals surface area contributed by atoms with Gasteiger partial charge in [-0.1, -0.05) is 38.1 Å². The summed E-state index contributed by atoms with van der Waals surface area (Å²) in [6.07, 6.45) is 0. The second-order valence-corrected chi connectivity index (χ2v) is 7.08. The van der Waals surface area contributed by atoms with Crippen LogP contribution in [0.15, 0.2) is 42.5 Å². The molecule has 0 saturated carbocycles. The number of ether oxygens (including phenoxy) is 3. The highest BCUT2D eigenvalue weighted by molar-refractivity contribution is 5.92. The van der Waals surface area contributed by atoms with E-state index < -0.39 is 5.97 Å². The molecular weight excluding hydrogens is 358 g/mol. The van der Waals surface area contributed by atoms with Crippen LogP contribution in [-0.2, 0) is 9.53 Å². The van der Waals surface area contributed by atoms with Gasteiger partial charge in [0.25, 0.3) is 5.91 Å². The van der Waals surface area contributed by atoms with Crippen molar-refractivity contribution in [2.24, 2.45) is 5.92 Å². The van der Waals surface area contributed by atoms with Crippen molar-refractivity contribution >= 4 is 11.9 Å². The molecule has 2 aromatic rings. The molecule has 6 heteroatoms. The van der Waals surface area contributed by atoms with Crippen molar-refractivity contribution in [3.05, 3.63) is 59.2 Å². The maximum Gasteiger partial charge on any atom is 0.338 e. The number of benzene rings is 2. The van der Waals surface area contributed by atoms with E-state index in [4.69, 9.17) is 14.2 Å². The standard InChI is InChI=1S/C22H25NO5/c1-14(2)21(16-8-9-18-19(12-16)27-11-10-26-18)23-20(24)13-28-22(25)17-7-5-4-6-15(17)3/h4-9,12,14,21H,10-11,13H2,1-3H3,(H,23,24)/t21-/m0/s1. The van der Waals surface area contributed by atoms with Crippen LogP contribution in [-0.4, -0.2) is 31.7 Å². The number of carbonyl (C=O) groups is 2. The smallest absolute Gasteiger partial charge is 0.338 e. The Hall–Kier alpha value is -3.02. The molecule has 1 atom stereocenters. The lowest BCUT2D eigenvalue weighted by molar-refractivity contribution is -0.125. The van der Waals surface area contributed by atoms with E-state index in [2.05, 4.69) is 5.32 Å². The van der Waals surface area contributed by atoms with Gasteiger partial charge in [0.1, 0.15) is 13.2 Å². The van der Waals surface area contributed by atoms with Crippen molar-refractivity contribution in [1.29, 1.82) is 0 Å². The Bertz CT molecular complexity index is 862. The molecule has 1 heterocycles. The first-order chi connectivity index (χ1) is 13.5. The second kappa shape index (κ2) is 8.78. The lowest BCUT2D eigenvalue weighted by Crippen LogP contribution is -2.35. The molecule has 0 bridgehead atoms. The monoisotopic (exact) mass is 383 g/mol. The average molecular weight is 383 g/mol. The van der Waals surface area contributed by atoms with E-state index in [0.29, 0.717) is 30.3 Å². The quantitative estimate of drug-likeness (QED) is 0.774. The van der Waals surface area contributed by atoms with Crippen LogP contribution in [0.25, 0.3) is 0 Å². The molecule has 0 unspecified atom stereocenters. The summed E-state index contributed by atoms with van der Waals surface area (Å²) in [5.41, 5.74) is 2.18. The van der Waals surface area contributed by atoms with Gasteiger partial charge in [-0.2, -0.15) is 0 Å². The maximum atomic E-state index is 12.4. The summed E-state index contributed by atoms with van der Waals surface area (Å²) in [4.78, 5) is 24.6. The number of esters is 1. The van der Waals surface area contributed by atoms with E-state index in [9.17, 15) is 9.59 Å². The molecule has 6 nitrogen and oxygen atoms in total. The van der Waals surface area contributed by atoms with Gasteiger partial charge >= 0.3 is 5.97 Å². The van der Waals surface area contributed by atoms with Crippen molar-refractivity contribution in [3.8, 4) is 11.5 Å². The number of rotatable bonds is 6. The molecule has 1 aliphatic heterocycles. The zero-order valence-corrected chi connectivity index (χ0v) is 16.4. The zero-order chi connectivity index (χ0) is 20.1. The minimum absolute atomic E-state index is 0.138. The molecule has 0 fully saturated rings. The molecule has 1 aliphatic rings. The largest absolute Gasteiger partial charge is 0.486 e. The van der Waals surface area contributed by atoms with Gasteiger partial charge in [-0.25, -0.2) is 4.79 Å². The van der Waals surface area contributed by atoms with Crippen LogP contribution in [0, 0.1) is 12.8 Å². The molecule has 0 saturated heterocycles. The Morgan fingerprint density at radius 3 is 2.50 bits per heavy atom. The van der Waals surface area contributed by atoms with Gasteiger partial charge in [-0.15, -0.1) is 0 Å². The summed E-state index contributed by atoms with van der Waals surface area (Å²) in [5, 5.41) is 2.95. The van der Waals surface area contributed by atoms with E-state index in [1.54, 1.807) is 12.1 Å². The maximum absolute atomic E-state index is 12.4. The lowest BCUT2D eigenvalue weighted by Gasteiger charge is -2.25.